The summed E-state index contributed by atoms with van der Waals surface area (Å²) in [5.74, 6) is 0.909. The van der Waals surface area contributed by atoms with Crippen LogP contribution in [-0.4, -0.2) is 28.3 Å². The molecule has 7 heteroatoms. The zero-order valence-corrected chi connectivity index (χ0v) is 23.0. The predicted octanol–water partition coefficient (Wildman–Crippen LogP) is 4.93. The van der Waals surface area contributed by atoms with E-state index in [4.69, 9.17) is 0 Å². The fourth-order valence-electron chi connectivity index (χ4n) is 6.04. The van der Waals surface area contributed by atoms with E-state index in [9.17, 15) is 0 Å². The summed E-state index contributed by atoms with van der Waals surface area (Å²) in [4.78, 5) is 11.3. The van der Waals surface area contributed by atoms with Gasteiger partial charge in [-0.15, -0.1) is 52.1 Å². The maximum atomic E-state index is 4.62. The normalized spacial score (nSPS) is 14.3. The zero-order valence-electron chi connectivity index (χ0n) is 21.4. The van der Waals surface area contributed by atoms with Crippen LogP contribution in [0, 0.1) is 18.8 Å². The second-order valence-corrected chi connectivity index (χ2v) is 10.0. The van der Waals surface area contributed by atoms with Crippen molar-refractivity contribution in [3.63, 3.8) is 0 Å². The molecule has 3 aliphatic rings. The molecule has 0 amide bonds. The van der Waals surface area contributed by atoms with Crippen LogP contribution < -0.4 is 20.6 Å². The van der Waals surface area contributed by atoms with E-state index in [-0.39, 0.29) is 27.3 Å². The molecular weight excluding hydrogens is 572 g/mol. The molecule has 8 rings (SSSR count). The van der Waals surface area contributed by atoms with E-state index in [0.29, 0.717) is 0 Å². The quantitative estimate of drug-likeness (QED) is 0.214. The van der Waals surface area contributed by atoms with Crippen molar-refractivity contribution in [2.75, 3.05) is 16.8 Å². The van der Waals surface area contributed by atoms with Crippen molar-refractivity contribution in [3.05, 3.63) is 116 Å². The Morgan fingerprint density at radius 1 is 0.744 bits per heavy atom. The van der Waals surface area contributed by atoms with Gasteiger partial charge in [0.15, 0.2) is 0 Å². The molecule has 0 N–H and O–H groups in total. The Bertz CT molecular complexity index is 1780. The van der Waals surface area contributed by atoms with E-state index in [1.54, 1.807) is 0 Å². The Hall–Kier alpha value is -4.04. The van der Waals surface area contributed by atoms with Crippen molar-refractivity contribution in [2.24, 2.45) is 7.05 Å². The molecule has 5 nitrogen and oxygen atoms in total. The van der Waals surface area contributed by atoms with Gasteiger partial charge in [-0.3, -0.25) is 4.98 Å². The number of nitrogens with zero attached hydrogens (tertiary/aromatic N) is 5. The van der Waals surface area contributed by atoms with Gasteiger partial charge in [0, 0.05) is 51.2 Å². The topological polar surface area (TPSA) is 27.5 Å². The van der Waals surface area contributed by atoms with Crippen LogP contribution in [0.2, 0.25) is 0 Å². The Labute approximate surface area is 242 Å². The van der Waals surface area contributed by atoms with Crippen LogP contribution in [0.4, 0.5) is 17.1 Å². The van der Waals surface area contributed by atoms with Crippen molar-refractivity contribution in [3.8, 4) is 33.6 Å². The summed E-state index contributed by atoms with van der Waals surface area (Å²) in [6.45, 7) is 2.00. The minimum atomic E-state index is -0.0747. The van der Waals surface area contributed by atoms with Crippen molar-refractivity contribution in [1.29, 1.82) is 0 Å². The molecule has 0 atom stereocenters. The molecular formula is C32H23BN5Pd-3. The Balaban J connectivity index is 0.00000253. The first-order valence-corrected chi connectivity index (χ1v) is 12.8. The van der Waals surface area contributed by atoms with Crippen LogP contribution >= 0.6 is 0 Å². The molecule has 5 aromatic rings. The van der Waals surface area contributed by atoms with Crippen LogP contribution in [0.3, 0.4) is 0 Å². The fourth-order valence-corrected chi connectivity index (χ4v) is 6.04. The maximum absolute atomic E-state index is 4.62. The first-order valence-electron chi connectivity index (χ1n) is 12.8. The molecule has 0 unspecified atom stereocenters. The molecule has 0 bridgehead atoms. The van der Waals surface area contributed by atoms with Crippen molar-refractivity contribution in [2.45, 2.75) is 0 Å². The van der Waals surface area contributed by atoms with Crippen LogP contribution in [0.1, 0.15) is 0 Å². The van der Waals surface area contributed by atoms with Gasteiger partial charge in [0.2, 0.25) is 0 Å². The summed E-state index contributed by atoms with van der Waals surface area (Å²) in [5, 5.41) is 0. The van der Waals surface area contributed by atoms with E-state index in [0.717, 1.165) is 28.0 Å². The smallest absolute Gasteiger partial charge is 0.285 e. The molecule has 4 heterocycles. The zero-order chi connectivity index (χ0) is 25.4. The fraction of sp³-hybridized carbons (Fsp3) is 0.0625. The minimum absolute atomic E-state index is 0. The number of fused-ring (bicyclic) bond motifs is 11. The van der Waals surface area contributed by atoms with Crippen LogP contribution in [0.5, 0.6) is 0 Å². The number of benzene rings is 4. The van der Waals surface area contributed by atoms with Gasteiger partial charge in [0.25, 0.3) is 6.85 Å². The number of rotatable bonds is 2. The number of aryl methyl sites for hydroxylation is 1. The molecule has 0 saturated heterocycles. The largest absolute Gasteiger partial charge is 0.510 e. The van der Waals surface area contributed by atoms with Crippen molar-refractivity contribution in [1.82, 2.24) is 14.5 Å². The van der Waals surface area contributed by atoms with Gasteiger partial charge < -0.3 is 19.2 Å². The molecule has 0 radical (unpaired) electrons. The maximum Gasteiger partial charge on any atom is 0.285 e. The molecule has 192 valence electrons. The van der Waals surface area contributed by atoms with Gasteiger partial charge >= 0.3 is 0 Å². The van der Waals surface area contributed by atoms with Gasteiger partial charge in [0.1, 0.15) is 0 Å². The average Bonchev–Trinajstić information content (AvgIpc) is 3.60. The van der Waals surface area contributed by atoms with Gasteiger partial charge in [0.05, 0.1) is 5.82 Å². The van der Waals surface area contributed by atoms with E-state index in [1.165, 1.54) is 33.6 Å². The SMILES string of the molecule is CN1C=CN(c2[c-]c3c(cc2)-c2ccccc2N2B3c3[c-]c(-c4nccn4C)ccc3-c3ccccc32)[CH-]1.[Pd]. The van der Waals surface area contributed by atoms with Gasteiger partial charge in [-0.2, -0.15) is 24.3 Å². The summed E-state index contributed by atoms with van der Waals surface area (Å²) < 4.78 is 2.05. The number of para-hydroxylation sites is 2. The molecule has 4 aromatic carbocycles. The number of hydrogen-bond donors (Lipinski definition) is 0. The number of hydrogen-bond acceptors (Lipinski definition) is 4. The third kappa shape index (κ3) is 3.54. The van der Waals surface area contributed by atoms with E-state index >= 15 is 0 Å². The summed E-state index contributed by atoms with van der Waals surface area (Å²) in [6.07, 6.45) is 7.94. The monoisotopic (exact) mass is 594 g/mol. The number of imidazole rings is 1. The molecule has 0 aliphatic carbocycles. The molecule has 1 aromatic heterocycles. The van der Waals surface area contributed by atoms with Crippen molar-refractivity contribution < 1.29 is 20.4 Å². The average molecular weight is 595 g/mol. The summed E-state index contributed by atoms with van der Waals surface area (Å²) in [5.41, 5.74) is 11.6. The molecule has 0 saturated carbocycles. The predicted molar refractivity (Wildman–Crippen MR) is 154 cm³/mol. The van der Waals surface area contributed by atoms with Gasteiger partial charge in [-0.25, -0.2) is 0 Å². The number of anilines is 3. The number of aromatic nitrogens is 2. The van der Waals surface area contributed by atoms with Crippen LogP contribution in [0.25, 0.3) is 33.6 Å². The Morgan fingerprint density at radius 3 is 2.05 bits per heavy atom. The van der Waals surface area contributed by atoms with Crippen molar-refractivity contribution >= 4 is 34.8 Å². The van der Waals surface area contributed by atoms with Crippen LogP contribution in [0.15, 0.2) is 97.6 Å². The molecule has 0 spiro atoms. The standard InChI is InChI=1S/C32H23BN5.Pd/c1-35-17-18-37(21-35)23-12-14-25-27-8-4-6-10-31(27)38-30-9-5-3-7-26(30)24-13-11-22(32-34-15-16-36(32)2)19-28(24)33(38)29(25)20-23;/h3-18,21H,1-2H3;/q-3;. The Kier molecular flexibility index (Phi) is 5.56. The second-order valence-electron chi connectivity index (χ2n) is 10.0. The van der Waals surface area contributed by atoms with E-state index in [1.807, 2.05) is 42.2 Å². The summed E-state index contributed by atoms with van der Waals surface area (Å²) in [6, 6.07) is 33.9. The first kappa shape index (κ1) is 24.0. The minimum Gasteiger partial charge on any atom is -0.510 e. The Morgan fingerprint density at radius 2 is 1.41 bits per heavy atom. The summed E-state index contributed by atoms with van der Waals surface area (Å²) in [7, 11) is 4.07. The first-order chi connectivity index (χ1) is 18.7. The van der Waals surface area contributed by atoms with Gasteiger partial charge in [-0.05, 0) is 37.1 Å². The van der Waals surface area contributed by atoms with Gasteiger partial charge in [-0.1, -0.05) is 42.0 Å². The summed E-state index contributed by atoms with van der Waals surface area (Å²) >= 11 is 0. The third-order valence-electron chi connectivity index (χ3n) is 7.76. The van der Waals surface area contributed by atoms with Crippen LogP contribution in [-0.2, 0) is 27.5 Å². The van der Waals surface area contributed by atoms with E-state index < -0.39 is 0 Å². The third-order valence-corrected chi connectivity index (χ3v) is 7.76. The molecule has 39 heavy (non-hydrogen) atoms. The second kappa shape index (κ2) is 9.02. The molecule has 3 aliphatic heterocycles. The van der Waals surface area contributed by atoms with E-state index in [2.05, 4.69) is 112 Å². The molecule has 0 fully saturated rings.